The maximum Gasteiger partial charge on any atom is 0.325 e. The van der Waals surface area contributed by atoms with Crippen LogP contribution in [0.4, 0.5) is 4.79 Å². The van der Waals surface area contributed by atoms with Gasteiger partial charge in [-0.25, -0.2) is 4.79 Å². The van der Waals surface area contributed by atoms with Crippen molar-refractivity contribution in [2.24, 2.45) is 0 Å². The Bertz CT molecular complexity index is 428. The first-order chi connectivity index (χ1) is 8.09. The van der Waals surface area contributed by atoms with Crippen LogP contribution >= 0.6 is 0 Å². The van der Waals surface area contributed by atoms with Gasteiger partial charge in [0.05, 0.1) is 0 Å². The summed E-state index contributed by atoms with van der Waals surface area (Å²) in [6, 6.07) is 8.89. The van der Waals surface area contributed by atoms with Gasteiger partial charge < -0.3 is 5.32 Å². The highest BCUT2D eigenvalue weighted by atomic mass is 16.2. The normalized spacial score (nSPS) is 19.9. The fourth-order valence-electron chi connectivity index (χ4n) is 2.03. The molecule has 4 heteroatoms. The molecule has 2 rings (SSSR count). The topological polar surface area (TPSA) is 49.4 Å². The van der Waals surface area contributed by atoms with Crippen molar-refractivity contribution in [2.45, 2.75) is 32.4 Å². The van der Waals surface area contributed by atoms with Crippen molar-refractivity contribution >= 4 is 11.9 Å². The monoisotopic (exact) mass is 232 g/mol. The van der Waals surface area contributed by atoms with Gasteiger partial charge in [-0.2, -0.15) is 0 Å². The minimum atomic E-state index is -0.424. The molecule has 1 saturated heterocycles. The number of carbonyl (C=O) groups is 2. The third-order valence-electron chi connectivity index (χ3n) is 2.85. The van der Waals surface area contributed by atoms with Crippen LogP contribution in [0, 0.1) is 0 Å². The average Bonchev–Trinajstić information content (AvgIpc) is 2.55. The Balaban J connectivity index is 2.10. The Hall–Kier alpha value is -1.84. The molecule has 1 N–H and O–H groups in total. The quantitative estimate of drug-likeness (QED) is 0.804. The van der Waals surface area contributed by atoms with Gasteiger partial charge in [0.1, 0.15) is 6.04 Å². The van der Waals surface area contributed by atoms with Crippen LogP contribution in [0.1, 0.15) is 19.4 Å². The second kappa shape index (κ2) is 4.57. The summed E-state index contributed by atoms with van der Waals surface area (Å²) in [4.78, 5) is 24.9. The van der Waals surface area contributed by atoms with E-state index in [1.807, 2.05) is 44.2 Å². The zero-order valence-corrected chi connectivity index (χ0v) is 10.0. The van der Waals surface area contributed by atoms with Crippen molar-refractivity contribution < 1.29 is 9.59 Å². The second-order valence-electron chi connectivity index (χ2n) is 4.49. The van der Waals surface area contributed by atoms with Gasteiger partial charge in [-0.05, 0) is 19.4 Å². The number of hydrogen-bond donors (Lipinski definition) is 1. The summed E-state index contributed by atoms with van der Waals surface area (Å²) >= 11 is 0. The molecule has 1 atom stereocenters. The summed E-state index contributed by atoms with van der Waals surface area (Å²) in [6.45, 7) is 3.67. The maximum atomic E-state index is 12.0. The van der Waals surface area contributed by atoms with Gasteiger partial charge in [-0.3, -0.25) is 9.69 Å². The fraction of sp³-hybridized carbons (Fsp3) is 0.385. The summed E-state index contributed by atoms with van der Waals surface area (Å²) in [5, 5.41) is 2.72. The van der Waals surface area contributed by atoms with Crippen LogP contribution in [0.2, 0.25) is 0 Å². The molecule has 1 heterocycles. The van der Waals surface area contributed by atoms with Crippen molar-refractivity contribution in [3.63, 3.8) is 0 Å². The molecule has 1 fully saturated rings. The SMILES string of the molecule is CC(C)N1C(=O)NC(Cc2ccccc2)C1=O. The molecule has 0 saturated carbocycles. The Morgan fingerprint density at radius 3 is 2.41 bits per heavy atom. The van der Waals surface area contributed by atoms with Crippen LogP contribution in [-0.2, 0) is 11.2 Å². The van der Waals surface area contributed by atoms with E-state index in [4.69, 9.17) is 0 Å². The van der Waals surface area contributed by atoms with Gasteiger partial charge in [-0.15, -0.1) is 0 Å². The van der Waals surface area contributed by atoms with E-state index in [0.29, 0.717) is 6.42 Å². The lowest BCUT2D eigenvalue weighted by atomic mass is 10.1. The van der Waals surface area contributed by atoms with Crippen LogP contribution in [0.5, 0.6) is 0 Å². The summed E-state index contributed by atoms with van der Waals surface area (Å²) in [5.41, 5.74) is 1.05. The van der Waals surface area contributed by atoms with Gasteiger partial charge in [0.2, 0.25) is 0 Å². The van der Waals surface area contributed by atoms with Crippen molar-refractivity contribution in [3.8, 4) is 0 Å². The van der Waals surface area contributed by atoms with E-state index >= 15 is 0 Å². The van der Waals surface area contributed by atoms with E-state index in [-0.39, 0.29) is 18.0 Å². The van der Waals surface area contributed by atoms with E-state index in [1.165, 1.54) is 4.90 Å². The standard InChI is InChI=1S/C13H16N2O2/c1-9(2)15-12(16)11(14-13(15)17)8-10-6-4-3-5-7-10/h3-7,9,11H,8H2,1-2H3,(H,14,17). The lowest BCUT2D eigenvalue weighted by Gasteiger charge is -2.16. The van der Waals surface area contributed by atoms with Crippen LogP contribution < -0.4 is 5.32 Å². The van der Waals surface area contributed by atoms with Gasteiger partial charge >= 0.3 is 6.03 Å². The lowest BCUT2D eigenvalue weighted by Crippen LogP contribution is -2.37. The van der Waals surface area contributed by atoms with Gasteiger partial charge in [-0.1, -0.05) is 30.3 Å². The molecule has 1 aromatic rings. The Labute approximate surface area is 101 Å². The van der Waals surface area contributed by atoms with Gasteiger partial charge in [0.25, 0.3) is 5.91 Å². The Morgan fingerprint density at radius 1 is 1.24 bits per heavy atom. The van der Waals surface area contributed by atoms with Crippen molar-refractivity contribution in [2.75, 3.05) is 0 Å². The van der Waals surface area contributed by atoms with Crippen LogP contribution in [-0.4, -0.2) is 28.9 Å². The van der Waals surface area contributed by atoms with Crippen LogP contribution in [0.25, 0.3) is 0 Å². The van der Waals surface area contributed by atoms with Crippen molar-refractivity contribution in [1.29, 1.82) is 0 Å². The molecule has 17 heavy (non-hydrogen) atoms. The molecule has 3 amide bonds. The summed E-state index contributed by atoms with van der Waals surface area (Å²) < 4.78 is 0. The van der Waals surface area contributed by atoms with Crippen LogP contribution in [0.3, 0.4) is 0 Å². The lowest BCUT2D eigenvalue weighted by molar-refractivity contribution is -0.128. The molecule has 0 spiro atoms. The number of carbonyl (C=O) groups excluding carboxylic acids is 2. The van der Waals surface area contributed by atoms with E-state index < -0.39 is 6.04 Å². The van der Waals surface area contributed by atoms with Gasteiger partial charge in [0, 0.05) is 12.5 Å². The number of benzene rings is 1. The molecule has 4 nitrogen and oxygen atoms in total. The molecule has 1 aliphatic heterocycles. The number of imide groups is 1. The maximum absolute atomic E-state index is 12.0. The molecule has 1 aliphatic rings. The van der Waals surface area contributed by atoms with E-state index in [0.717, 1.165) is 5.56 Å². The zero-order chi connectivity index (χ0) is 12.4. The number of nitrogens with one attached hydrogen (secondary N) is 1. The van der Waals surface area contributed by atoms with Crippen molar-refractivity contribution in [3.05, 3.63) is 35.9 Å². The number of nitrogens with zero attached hydrogens (tertiary/aromatic N) is 1. The molecule has 90 valence electrons. The molecule has 0 bridgehead atoms. The predicted octanol–water partition coefficient (Wildman–Crippen LogP) is 1.56. The first kappa shape index (κ1) is 11.6. The second-order valence-corrected chi connectivity index (χ2v) is 4.49. The summed E-state index contributed by atoms with van der Waals surface area (Å²) in [6.07, 6.45) is 0.550. The summed E-state index contributed by atoms with van der Waals surface area (Å²) in [5.74, 6) is -0.131. The highest BCUT2D eigenvalue weighted by Crippen LogP contribution is 2.14. The molecular formula is C13H16N2O2. The fourth-order valence-corrected chi connectivity index (χ4v) is 2.03. The molecule has 0 aliphatic carbocycles. The third-order valence-corrected chi connectivity index (χ3v) is 2.85. The predicted molar refractivity (Wildman–Crippen MR) is 64.4 cm³/mol. The Morgan fingerprint density at radius 2 is 1.88 bits per heavy atom. The van der Waals surface area contributed by atoms with E-state index in [9.17, 15) is 9.59 Å². The number of urea groups is 1. The number of amides is 3. The molecular weight excluding hydrogens is 216 g/mol. The smallest absolute Gasteiger partial charge is 0.325 e. The zero-order valence-electron chi connectivity index (χ0n) is 10.0. The average molecular weight is 232 g/mol. The minimum Gasteiger partial charge on any atom is -0.325 e. The molecule has 1 unspecified atom stereocenters. The Kier molecular flexibility index (Phi) is 3.13. The molecule has 0 aromatic heterocycles. The highest BCUT2D eigenvalue weighted by molar-refractivity contribution is 6.04. The van der Waals surface area contributed by atoms with E-state index in [1.54, 1.807) is 0 Å². The molecule has 1 aromatic carbocycles. The largest absolute Gasteiger partial charge is 0.325 e. The number of hydrogen-bond acceptors (Lipinski definition) is 2. The third kappa shape index (κ3) is 2.30. The summed E-state index contributed by atoms with van der Waals surface area (Å²) in [7, 11) is 0. The first-order valence-corrected chi connectivity index (χ1v) is 5.77. The highest BCUT2D eigenvalue weighted by Gasteiger charge is 2.39. The van der Waals surface area contributed by atoms with E-state index in [2.05, 4.69) is 5.32 Å². The van der Waals surface area contributed by atoms with Crippen molar-refractivity contribution in [1.82, 2.24) is 10.2 Å². The van der Waals surface area contributed by atoms with Crippen LogP contribution in [0.15, 0.2) is 30.3 Å². The minimum absolute atomic E-state index is 0.0942. The number of rotatable bonds is 3. The van der Waals surface area contributed by atoms with Gasteiger partial charge in [0.15, 0.2) is 0 Å². The first-order valence-electron chi connectivity index (χ1n) is 5.77. The molecule has 0 radical (unpaired) electrons.